The van der Waals surface area contributed by atoms with Crippen molar-refractivity contribution in [2.45, 2.75) is 58.2 Å². The lowest BCUT2D eigenvalue weighted by Crippen LogP contribution is -2.31. The molecule has 2 rings (SSSR count). The highest BCUT2D eigenvalue weighted by Gasteiger charge is 2.26. The zero-order valence-electron chi connectivity index (χ0n) is 13.1. The molecule has 1 aliphatic rings. The van der Waals surface area contributed by atoms with Gasteiger partial charge in [0.2, 0.25) is 0 Å². The third kappa shape index (κ3) is 4.60. The average molecular weight is 311 g/mol. The van der Waals surface area contributed by atoms with E-state index in [0.29, 0.717) is 12.1 Å². The third-order valence-electron chi connectivity index (χ3n) is 4.13. The number of hydrogen-bond acceptors (Lipinski definition) is 3. The maximum atomic E-state index is 9.08. The Morgan fingerprint density at radius 3 is 2.95 bits per heavy atom. The van der Waals surface area contributed by atoms with Crippen LogP contribution in [0.2, 0.25) is 5.02 Å². The first-order valence-corrected chi connectivity index (χ1v) is 8.39. The Morgan fingerprint density at radius 2 is 2.24 bits per heavy atom. The largest absolute Gasteiger partial charge is 0.396 e. The maximum Gasteiger partial charge on any atom is 0.0431 e. The minimum absolute atomic E-state index is 0.279. The molecular formula is C17H27ClN2O. The van der Waals surface area contributed by atoms with Crippen molar-refractivity contribution in [1.29, 1.82) is 0 Å². The summed E-state index contributed by atoms with van der Waals surface area (Å²) >= 11 is 6.22. The topological polar surface area (TPSA) is 35.5 Å². The van der Waals surface area contributed by atoms with Crippen molar-refractivity contribution in [3.8, 4) is 0 Å². The summed E-state index contributed by atoms with van der Waals surface area (Å²) in [6.45, 7) is 6.56. The average Bonchev–Trinajstić information content (AvgIpc) is 2.91. The van der Waals surface area contributed by atoms with Crippen LogP contribution in [0.3, 0.4) is 0 Å². The van der Waals surface area contributed by atoms with Crippen molar-refractivity contribution in [1.82, 2.24) is 5.32 Å². The number of benzene rings is 1. The molecule has 1 aliphatic heterocycles. The predicted octanol–water partition coefficient (Wildman–Crippen LogP) is 3.58. The van der Waals surface area contributed by atoms with E-state index in [4.69, 9.17) is 16.7 Å². The van der Waals surface area contributed by atoms with Gasteiger partial charge >= 0.3 is 0 Å². The van der Waals surface area contributed by atoms with Gasteiger partial charge in [-0.15, -0.1) is 0 Å². The highest BCUT2D eigenvalue weighted by Crippen LogP contribution is 2.32. The maximum absolute atomic E-state index is 9.08. The van der Waals surface area contributed by atoms with Gasteiger partial charge in [-0.05, 0) is 43.4 Å². The summed E-state index contributed by atoms with van der Waals surface area (Å²) in [6.07, 6.45) is 4.37. The molecule has 2 N–H and O–H groups in total. The molecule has 1 aromatic carbocycles. The van der Waals surface area contributed by atoms with Gasteiger partial charge in [-0.25, -0.2) is 0 Å². The standard InChI is InChI=1S/C17H27ClN2O/c1-13(2)19-12-14-7-8-15(18)11-17(14)20-9-3-5-16(20)6-4-10-21/h7-8,11,13,16,19,21H,3-6,9-10,12H2,1-2H3. The normalized spacial score (nSPS) is 18.7. The van der Waals surface area contributed by atoms with Gasteiger partial charge in [0.25, 0.3) is 0 Å². The third-order valence-corrected chi connectivity index (χ3v) is 4.37. The van der Waals surface area contributed by atoms with Gasteiger partial charge in [0.1, 0.15) is 0 Å². The number of nitrogens with one attached hydrogen (secondary N) is 1. The molecule has 0 spiro atoms. The minimum atomic E-state index is 0.279. The van der Waals surface area contributed by atoms with Crippen LogP contribution in [-0.2, 0) is 6.54 Å². The second-order valence-corrected chi connectivity index (χ2v) is 6.60. The van der Waals surface area contributed by atoms with E-state index < -0.39 is 0 Å². The van der Waals surface area contributed by atoms with Crippen molar-refractivity contribution < 1.29 is 5.11 Å². The molecule has 1 atom stereocenters. The summed E-state index contributed by atoms with van der Waals surface area (Å²) in [6, 6.07) is 7.21. The smallest absolute Gasteiger partial charge is 0.0431 e. The highest BCUT2D eigenvalue weighted by molar-refractivity contribution is 6.30. The summed E-state index contributed by atoms with van der Waals surface area (Å²) in [5.41, 5.74) is 2.57. The van der Waals surface area contributed by atoms with Crippen molar-refractivity contribution >= 4 is 17.3 Å². The molecule has 3 nitrogen and oxygen atoms in total. The molecule has 1 fully saturated rings. The van der Waals surface area contributed by atoms with Gasteiger partial charge in [0.05, 0.1) is 0 Å². The van der Waals surface area contributed by atoms with Gasteiger partial charge in [0.15, 0.2) is 0 Å². The summed E-state index contributed by atoms with van der Waals surface area (Å²) in [5, 5.41) is 13.4. The van der Waals surface area contributed by atoms with Crippen LogP contribution in [0, 0.1) is 0 Å². The lowest BCUT2D eigenvalue weighted by Gasteiger charge is -2.29. The van der Waals surface area contributed by atoms with E-state index in [9.17, 15) is 0 Å². The van der Waals surface area contributed by atoms with Crippen LogP contribution in [0.25, 0.3) is 0 Å². The van der Waals surface area contributed by atoms with Crippen molar-refractivity contribution in [2.75, 3.05) is 18.1 Å². The van der Waals surface area contributed by atoms with Crippen molar-refractivity contribution in [2.24, 2.45) is 0 Å². The molecular weight excluding hydrogens is 284 g/mol. The molecule has 1 aromatic rings. The summed E-state index contributed by atoms with van der Waals surface area (Å²) < 4.78 is 0. The van der Waals surface area contributed by atoms with Crippen molar-refractivity contribution in [3.05, 3.63) is 28.8 Å². The summed E-state index contributed by atoms with van der Waals surface area (Å²) in [5.74, 6) is 0. The second kappa shape index (κ2) is 8.02. The van der Waals surface area contributed by atoms with Gasteiger partial charge < -0.3 is 15.3 Å². The first-order valence-electron chi connectivity index (χ1n) is 8.01. The predicted molar refractivity (Wildman–Crippen MR) is 90.1 cm³/mol. The molecule has 0 aliphatic carbocycles. The van der Waals surface area contributed by atoms with E-state index in [1.54, 1.807) is 0 Å². The van der Waals surface area contributed by atoms with Crippen LogP contribution >= 0.6 is 11.6 Å². The van der Waals surface area contributed by atoms with E-state index in [2.05, 4.69) is 36.2 Å². The summed E-state index contributed by atoms with van der Waals surface area (Å²) in [4.78, 5) is 2.48. The quantitative estimate of drug-likeness (QED) is 0.808. The Morgan fingerprint density at radius 1 is 1.43 bits per heavy atom. The number of nitrogens with zero attached hydrogens (tertiary/aromatic N) is 1. The lowest BCUT2D eigenvalue weighted by molar-refractivity contribution is 0.279. The van der Waals surface area contributed by atoms with E-state index >= 15 is 0 Å². The molecule has 0 amide bonds. The molecule has 1 heterocycles. The SMILES string of the molecule is CC(C)NCc1ccc(Cl)cc1N1CCCC1CCCO. The van der Waals surface area contributed by atoms with Crippen LogP contribution in [0.1, 0.15) is 45.1 Å². The van der Waals surface area contributed by atoms with Crippen LogP contribution in [0.5, 0.6) is 0 Å². The van der Waals surface area contributed by atoms with E-state index in [1.165, 1.54) is 24.1 Å². The van der Waals surface area contributed by atoms with Crippen LogP contribution < -0.4 is 10.2 Å². The zero-order chi connectivity index (χ0) is 15.2. The van der Waals surface area contributed by atoms with Crippen LogP contribution in [0.15, 0.2) is 18.2 Å². The van der Waals surface area contributed by atoms with E-state index in [0.717, 1.165) is 31.0 Å². The number of aliphatic hydroxyl groups excluding tert-OH is 1. The second-order valence-electron chi connectivity index (χ2n) is 6.16. The molecule has 21 heavy (non-hydrogen) atoms. The van der Waals surface area contributed by atoms with Crippen LogP contribution in [-0.4, -0.2) is 30.3 Å². The number of aliphatic hydroxyl groups is 1. The fourth-order valence-corrected chi connectivity index (χ4v) is 3.21. The molecule has 0 saturated carbocycles. The van der Waals surface area contributed by atoms with Gasteiger partial charge in [0, 0.05) is 42.5 Å². The van der Waals surface area contributed by atoms with E-state index in [-0.39, 0.29) is 6.61 Å². The Balaban J connectivity index is 2.17. The number of anilines is 1. The lowest BCUT2D eigenvalue weighted by atomic mass is 10.1. The first-order chi connectivity index (χ1) is 10.1. The molecule has 0 bridgehead atoms. The van der Waals surface area contributed by atoms with Crippen molar-refractivity contribution in [3.63, 3.8) is 0 Å². The minimum Gasteiger partial charge on any atom is -0.396 e. The monoisotopic (exact) mass is 310 g/mol. The Labute approximate surface area is 133 Å². The number of hydrogen-bond donors (Lipinski definition) is 2. The van der Waals surface area contributed by atoms with Gasteiger partial charge in [-0.3, -0.25) is 0 Å². The number of rotatable bonds is 7. The molecule has 1 unspecified atom stereocenters. The Hall–Kier alpha value is -0.770. The summed E-state index contributed by atoms with van der Waals surface area (Å²) in [7, 11) is 0. The molecule has 0 radical (unpaired) electrons. The van der Waals surface area contributed by atoms with Crippen LogP contribution in [0.4, 0.5) is 5.69 Å². The van der Waals surface area contributed by atoms with Gasteiger partial charge in [-0.1, -0.05) is 31.5 Å². The Bertz CT molecular complexity index is 450. The number of halogens is 1. The zero-order valence-corrected chi connectivity index (χ0v) is 13.9. The highest BCUT2D eigenvalue weighted by atomic mass is 35.5. The molecule has 1 saturated heterocycles. The first kappa shape index (κ1) is 16.6. The Kier molecular flexibility index (Phi) is 6.34. The van der Waals surface area contributed by atoms with Gasteiger partial charge in [-0.2, -0.15) is 0 Å². The van der Waals surface area contributed by atoms with E-state index in [1.807, 2.05) is 6.07 Å². The molecule has 0 aromatic heterocycles. The fraction of sp³-hybridized carbons (Fsp3) is 0.647. The molecule has 118 valence electrons. The molecule has 4 heteroatoms. The fourth-order valence-electron chi connectivity index (χ4n) is 3.05.